The fourth-order valence-electron chi connectivity index (χ4n) is 4.98. The minimum atomic E-state index is -0.826. The van der Waals surface area contributed by atoms with Crippen LogP contribution in [0.2, 0.25) is 5.02 Å². The average molecular weight is 581 g/mol. The van der Waals surface area contributed by atoms with E-state index < -0.39 is 17.7 Å². The van der Waals surface area contributed by atoms with E-state index in [0.717, 1.165) is 11.3 Å². The predicted molar refractivity (Wildman–Crippen MR) is 149 cm³/mol. The molecule has 3 aromatic heterocycles. The Hall–Kier alpha value is -4.54. The highest BCUT2D eigenvalue weighted by atomic mass is 35.5. The van der Waals surface area contributed by atoms with Crippen molar-refractivity contribution in [1.29, 1.82) is 5.26 Å². The molecule has 2 aromatic carbocycles. The van der Waals surface area contributed by atoms with Gasteiger partial charge in [-0.15, -0.1) is 11.3 Å². The first-order valence-corrected chi connectivity index (χ1v) is 13.1. The van der Waals surface area contributed by atoms with Crippen LogP contribution < -0.4 is 25.8 Å². The predicted octanol–water partition coefficient (Wildman–Crippen LogP) is 5.24. The summed E-state index contributed by atoms with van der Waals surface area (Å²) in [6.45, 7) is 2.34. The zero-order valence-electron chi connectivity index (χ0n) is 21.0. The summed E-state index contributed by atoms with van der Waals surface area (Å²) in [6.07, 6.45) is 2.95. The van der Waals surface area contributed by atoms with Crippen LogP contribution in [0, 0.1) is 23.0 Å². The lowest BCUT2D eigenvalue weighted by molar-refractivity contribution is 0.328. The molecule has 0 fully saturated rings. The average Bonchev–Trinajstić information content (AvgIpc) is 3.17. The van der Waals surface area contributed by atoms with Crippen LogP contribution >= 0.6 is 22.9 Å². The highest BCUT2D eigenvalue weighted by molar-refractivity contribution is 7.23. The Morgan fingerprint density at radius 2 is 2.05 bits per heavy atom. The summed E-state index contributed by atoms with van der Waals surface area (Å²) in [6, 6.07) is 4.03. The first-order chi connectivity index (χ1) is 19.3. The highest BCUT2D eigenvalue weighted by Gasteiger charge is 2.33. The zero-order valence-corrected chi connectivity index (χ0v) is 22.6. The maximum atomic E-state index is 16.6. The van der Waals surface area contributed by atoms with Gasteiger partial charge in [-0.3, -0.25) is 0 Å². The van der Waals surface area contributed by atoms with Crippen LogP contribution in [0.25, 0.3) is 32.1 Å². The topological polar surface area (TPSA) is 149 Å². The van der Waals surface area contributed by atoms with Crippen molar-refractivity contribution < 1.29 is 18.3 Å². The summed E-state index contributed by atoms with van der Waals surface area (Å²) in [5.74, 6) is -0.693. The summed E-state index contributed by atoms with van der Waals surface area (Å²) >= 11 is 7.78. The number of nitriles is 1. The monoisotopic (exact) mass is 580 g/mol. The van der Waals surface area contributed by atoms with E-state index in [-0.39, 0.29) is 71.9 Å². The van der Waals surface area contributed by atoms with E-state index in [4.69, 9.17) is 32.5 Å². The number of hydrogen-bond donors (Lipinski definition) is 2. The van der Waals surface area contributed by atoms with E-state index in [9.17, 15) is 9.65 Å². The lowest BCUT2D eigenvalue weighted by atomic mass is 9.96. The van der Waals surface area contributed by atoms with Crippen molar-refractivity contribution >= 4 is 60.6 Å². The number of anilines is 3. The molecule has 0 amide bonds. The molecule has 5 aromatic rings. The molecule has 1 atom stereocenters. The minimum absolute atomic E-state index is 0.0282. The van der Waals surface area contributed by atoms with Gasteiger partial charge in [0.15, 0.2) is 11.6 Å². The van der Waals surface area contributed by atoms with Crippen LogP contribution in [0.1, 0.15) is 24.1 Å². The third-order valence-corrected chi connectivity index (χ3v) is 8.25. The summed E-state index contributed by atoms with van der Waals surface area (Å²) < 4.78 is 42.9. The molecular formula is C26H19ClF2N8O2S. The fraction of sp³-hybridized carbons (Fsp3) is 0.192. The zero-order chi connectivity index (χ0) is 28.3. The van der Waals surface area contributed by atoms with Crippen molar-refractivity contribution in [2.45, 2.75) is 13.0 Å². The minimum Gasteiger partial charge on any atom is -0.489 e. The smallest absolute Gasteiger partial charge is 0.318 e. The number of benzene rings is 2. The van der Waals surface area contributed by atoms with Gasteiger partial charge in [0.25, 0.3) is 0 Å². The van der Waals surface area contributed by atoms with Crippen LogP contribution in [0.4, 0.5) is 25.4 Å². The van der Waals surface area contributed by atoms with Gasteiger partial charge in [0.2, 0.25) is 0 Å². The largest absolute Gasteiger partial charge is 0.489 e. The van der Waals surface area contributed by atoms with Crippen LogP contribution in [0.5, 0.6) is 11.8 Å². The molecule has 0 spiro atoms. The molecule has 0 saturated carbocycles. The third-order valence-electron chi connectivity index (χ3n) is 6.87. The molecule has 0 aliphatic carbocycles. The van der Waals surface area contributed by atoms with Gasteiger partial charge in [0.05, 0.1) is 40.4 Å². The highest BCUT2D eigenvalue weighted by Crippen LogP contribution is 2.51. The van der Waals surface area contributed by atoms with E-state index in [1.807, 2.05) is 17.9 Å². The maximum Gasteiger partial charge on any atom is 0.318 e. The number of thiophene rings is 1. The Kier molecular flexibility index (Phi) is 6.16. The summed E-state index contributed by atoms with van der Waals surface area (Å²) in [7, 11) is 1.37. The summed E-state index contributed by atoms with van der Waals surface area (Å²) in [4.78, 5) is 18.9. The summed E-state index contributed by atoms with van der Waals surface area (Å²) in [5.41, 5.74) is 12.7. The Bertz CT molecular complexity index is 1890. The number of rotatable bonds is 4. The van der Waals surface area contributed by atoms with E-state index >= 15 is 4.39 Å². The Morgan fingerprint density at radius 3 is 2.77 bits per heavy atom. The van der Waals surface area contributed by atoms with Gasteiger partial charge in [0, 0.05) is 22.7 Å². The van der Waals surface area contributed by atoms with Gasteiger partial charge < -0.3 is 25.8 Å². The Morgan fingerprint density at radius 1 is 1.25 bits per heavy atom. The van der Waals surface area contributed by atoms with Crippen molar-refractivity contribution in [1.82, 2.24) is 19.9 Å². The third kappa shape index (κ3) is 3.71. The number of aromatic nitrogens is 4. The Labute approximate surface area is 234 Å². The Balaban J connectivity index is 1.68. The first kappa shape index (κ1) is 25.7. The molecular weight excluding hydrogens is 562 g/mol. The normalized spacial score (nSPS) is 13.7. The van der Waals surface area contributed by atoms with Crippen molar-refractivity contribution in [3.8, 4) is 29.0 Å². The van der Waals surface area contributed by atoms with Crippen LogP contribution in [-0.2, 0) is 0 Å². The number of nitrogens with two attached hydrogens (primary N) is 2. The number of ether oxygens (including phenoxy) is 2. The van der Waals surface area contributed by atoms with E-state index in [0.29, 0.717) is 17.9 Å². The fourth-order valence-corrected chi connectivity index (χ4v) is 6.27. The first-order valence-electron chi connectivity index (χ1n) is 11.9. The second kappa shape index (κ2) is 9.58. The molecule has 0 radical (unpaired) electrons. The molecule has 0 saturated heterocycles. The number of nitrogens with zero attached hydrogens (tertiary/aromatic N) is 6. The second-order valence-corrected chi connectivity index (χ2v) is 10.4. The molecule has 4 N–H and O–H groups in total. The molecule has 10 nitrogen and oxygen atoms in total. The second-order valence-electron chi connectivity index (χ2n) is 8.92. The van der Waals surface area contributed by atoms with Crippen molar-refractivity contribution in [3.63, 3.8) is 0 Å². The number of halogens is 3. The molecule has 202 valence electrons. The number of fused-ring (bicyclic) bond motifs is 1. The van der Waals surface area contributed by atoms with Crippen molar-refractivity contribution in [2.75, 3.05) is 36.6 Å². The van der Waals surface area contributed by atoms with E-state index in [2.05, 4.69) is 19.9 Å². The molecule has 4 heterocycles. The lowest BCUT2D eigenvalue weighted by Crippen LogP contribution is -2.31. The van der Waals surface area contributed by atoms with Crippen LogP contribution in [0.3, 0.4) is 0 Å². The van der Waals surface area contributed by atoms with Crippen LogP contribution in [0.15, 0.2) is 24.7 Å². The van der Waals surface area contributed by atoms with E-state index in [1.54, 1.807) is 6.20 Å². The van der Waals surface area contributed by atoms with E-state index in [1.165, 1.54) is 25.6 Å². The molecule has 0 bridgehead atoms. The molecule has 14 heteroatoms. The standard InChI is InChI=1S/C26H19ClF2N8O2S/c1-10(13-8-33-9-34-23(13)31)37-5-6-39-21-17-20(35-26(38-2)36-25(17)37)19(29)16(18(21)27)11-3-4-14(28)22-15(11)12(7-30)24(32)40-22/h3-4,8-10H,5-6,32H2,1-2H3,(H2,31,33,34). The molecule has 1 aliphatic rings. The summed E-state index contributed by atoms with van der Waals surface area (Å²) in [5, 5.41) is 10.2. The van der Waals surface area contributed by atoms with Gasteiger partial charge in [-0.1, -0.05) is 17.7 Å². The molecule has 40 heavy (non-hydrogen) atoms. The number of hydrogen-bond acceptors (Lipinski definition) is 11. The number of nitrogen functional groups attached to an aromatic ring is 2. The van der Waals surface area contributed by atoms with Crippen molar-refractivity contribution in [2.24, 2.45) is 0 Å². The molecule has 1 aliphatic heterocycles. The molecule has 6 rings (SSSR count). The number of methoxy groups -OCH3 is 1. The van der Waals surface area contributed by atoms with Gasteiger partial charge in [0.1, 0.15) is 47.0 Å². The SMILES string of the molecule is COc1nc2c3c(c(Cl)c(-c4ccc(F)c5sc(N)c(C#N)c45)c(F)c3n1)OCCN2C(C)c1cncnc1N. The van der Waals surface area contributed by atoms with Gasteiger partial charge >= 0.3 is 6.01 Å². The lowest BCUT2D eigenvalue weighted by Gasteiger charge is -2.30. The van der Waals surface area contributed by atoms with Gasteiger partial charge in [-0.2, -0.15) is 15.2 Å². The van der Waals surface area contributed by atoms with Gasteiger partial charge in [-0.05, 0) is 18.6 Å². The van der Waals surface area contributed by atoms with Crippen molar-refractivity contribution in [3.05, 3.63) is 52.4 Å². The van der Waals surface area contributed by atoms with Gasteiger partial charge in [-0.25, -0.2) is 18.7 Å². The maximum absolute atomic E-state index is 16.6. The van der Waals surface area contributed by atoms with Crippen LogP contribution in [-0.4, -0.2) is 40.2 Å². The molecule has 1 unspecified atom stereocenters. The quantitative estimate of drug-likeness (QED) is 0.289.